The van der Waals surface area contributed by atoms with Crippen LogP contribution in [-0.4, -0.2) is 57.2 Å². The monoisotopic (exact) mass is 456 g/mol. The Bertz CT molecular complexity index is 998. The van der Waals surface area contributed by atoms with E-state index in [9.17, 15) is 4.79 Å². The van der Waals surface area contributed by atoms with Crippen molar-refractivity contribution in [2.24, 2.45) is 5.41 Å². The average molecular weight is 457 g/mol. The third kappa shape index (κ3) is 4.80. The van der Waals surface area contributed by atoms with Gasteiger partial charge >= 0.3 is 0 Å². The highest BCUT2D eigenvalue weighted by atomic mass is 35.5. The molecule has 2 fully saturated rings. The molecule has 170 valence electrons. The molecule has 2 aromatic heterocycles. The zero-order valence-electron chi connectivity index (χ0n) is 18.6. The first-order valence-corrected chi connectivity index (χ1v) is 11.5. The predicted octanol–water partition coefficient (Wildman–Crippen LogP) is 3.81. The van der Waals surface area contributed by atoms with E-state index in [0.29, 0.717) is 34.1 Å². The lowest BCUT2D eigenvalue weighted by atomic mass is 9.66. The molecule has 0 bridgehead atoms. The summed E-state index contributed by atoms with van der Waals surface area (Å²) in [7, 11) is 2.04. The van der Waals surface area contributed by atoms with Crippen molar-refractivity contribution in [3.8, 4) is 6.07 Å². The number of nitriles is 1. The van der Waals surface area contributed by atoms with E-state index >= 15 is 0 Å². The van der Waals surface area contributed by atoms with Crippen LogP contribution in [0.4, 0.5) is 17.6 Å². The number of likely N-dealkylation sites (tertiary alicyclic amines) is 1. The van der Waals surface area contributed by atoms with Gasteiger partial charge in [-0.15, -0.1) is 0 Å². The van der Waals surface area contributed by atoms with Gasteiger partial charge in [-0.2, -0.15) is 15.3 Å². The van der Waals surface area contributed by atoms with Gasteiger partial charge in [0.2, 0.25) is 11.9 Å². The molecule has 2 N–H and O–H groups in total. The van der Waals surface area contributed by atoms with Crippen LogP contribution in [0.3, 0.4) is 0 Å². The fraction of sp³-hybridized carbons (Fsp3) is 0.591. The topological polar surface area (TPSA) is 114 Å². The number of halogens is 1. The Balaban J connectivity index is 1.36. The molecule has 0 aromatic carbocycles. The normalized spacial score (nSPS) is 18.4. The largest absolute Gasteiger partial charge is 0.342 e. The summed E-state index contributed by atoms with van der Waals surface area (Å²) in [6.45, 7) is 3.47. The number of piperidine rings is 1. The summed E-state index contributed by atoms with van der Waals surface area (Å²) < 4.78 is 0. The Labute approximate surface area is 193 Å². The lowest BCUT2D eigenvalue weighted by molar-refractivity contribution is -0.132. The molecule has 0 atom stereocenters. The number of nitrogens with one attached hydrogen (secondary N) is 2. The molecule has 1 saturated heterocycles. The quantitative estimate of drug-likeness (QED) is 0.703. The maximum absolute atomic E-state index is 12.0. The molecular formula is C22H29ClN8O. The first kappa shape index (κ1) is 22.3. The van der Waals surface area contributed by atoms with E-state index in [1.54, 1.807) is 6.20 Å². The van der Waals surface area contributed by atoms with E-state index in [4.69, 9.17) is 16.9 Å². The van der Waals surface area contributed by atoms with Gasteiger partial charge in [0.05, 0.1) is 12.3 Å². The Morgan fingerprint density at radius 3 is 2.72 bits per heavy atom. The van der Waals surface area contributed by atoms with Crippen LogP contribution in [0.15, 0.2) is 12.3 Å². The maximum atomic E-state index is 12.0. The smallest absolute Gasteiger partial charge is 0.236 e. The zero-order valence-corrected chi connectivity index (χ0v) is 19.3. The summed E-state index contributed by atoms with van der Waals surface area (Å²) in [6.07, 6.45) is 8.05. The molecule has 1 saturated carbocycles. The molecular weight excluding hydrogens is 428 g/mol. The third-order valence-electron chi connectivity index (χ3n) is 6.97. The van der Waals surface area contributed by atoms with Gasteiger partial charge in [0.15, 0.2) is 11.6 Å². The molecule has 0 radical (unpaired) electrons. The van der Waals surface area contributed by atoms with E-state index in [1.807, 2.05) is 31.0 Å². The highest BCUT2D eigenvalue weighted by molar-refractivity contribution is 6.32. The molecule has 1 amide bonds. The molecule has 2 aromatic rings. The lowest BCUT2D eigenvalue weighted by Crippen LogP contribution is -2.46. The van der Waals surface area contributed by atoms with Gasteiger partial charge in [-0.25, -0.2) is 4.98 Å². The Hall–Kier alpha value is -2.86. The van der Waals surface area contributed by atoms with Crippen molar-refractivity contribution in [3.63, 3.8) is 0 Å². The van der Waals surface area contributed by atoms with E-state index in [-0.39, 0.29) is 12.3 Å². The average Bonchev–Trinajstić information content (AvgIpc) is 3.20. The van der Waals surface area contributed by atoms with Gasteiger partial charge in [-0.05, 0) is 50.9 Å². The van der Waals surface area contributed by atoms with E-state index in [2.05, 4.69) is 30.4 Å². The molecule has 9 nitrogen and oxygen atoms in total. The van der Waals surface area contributed by atoms with Crippen molar-refractivity contribution in [2.75, 3.05) is 30.4 Å². The standard InChI is InChI=1S/C22H29ClN8O/c1-15-13-18(29-28-15)26-20-17(23)14-25-21(27-20)30(2)16-3-6-22(7-4-16)8-11-31(12-9-22)19(32)5-10-24/h13-14,16H,3-9,11-12H2,1-2H3,(H2,25,26,27,28,29). The van der Waals surface area contributed by atoms with Crippen LogP contribution in [0.5, 0.6) is 0 Å². The van der Waals surface area contributed by atoms with Crippen LogP contribution in [0.1, 0.15) is 50.6 Å². The maximum Gasteiger partial charge on any atom is 0.236 e. The first-order valence-electron chi connectivity index (χ1n) is 11.1. The summed E-state index contributed by atoms with van der Waals surface area (Å²) >= 11 is 6.30. The SMILES string of the molecule is Cc1cc(Nc2nc(N(C)C3CCC4(CC3)CCN(C(=O)CC#N)CC4)ncc2Cl)n[nH]1. The molecule has 3 heterocycles. The van der Waals surface area contributed by atoms with Crippen LogP contribution in [0.2, 0.25) is 5.02 Å². The number of carbonyl (C=O) groups is 1. The molecule has 0 unspecified atom stereocenters. The minimum atomic E-state index is -0.0370. The van der Waals surface area contributed by atoms with E-state index in [0.717, 1.165) is 57.3 Å². The summed E-state index contributed by atoms with van der Waals surface area (Å²) in [6, 6.07) is 4.22. The highest BCUT2D eigenvalue weighted by Gasteiger charge is 2.40. The molecule has 1 spiro atoms. The molecule has 2 aliphatic rings. The van der Waals surface area contributed by atoms with Gasteiger partial charge in [0.25, 0.3) is 0 Å². The summed E-state index contributed by atoms with van der Waals surface area (Å²) in [4.78, 5) is 25.1. The minimum absolute atomic E-state index is 0.0163. The lowest BCUT2D eigenvalue weighted by Gasteiger charge is -2.47. The minimum Gasteiger partial charge on any atom is -0.342 e. The second-order valence-corrected chi connectivity index (χ2v) is 9.39. The van der Waals surface area contributed by atoms with Crippen LogP contribution < -0.4 is 10.2 Å². The number of rotatable bonds is 5. The van der Waals surface area contributed by atoms with E-state index in [1.165, 1.54) is 0 Å². The number of aromatic nitrogens is 4. The van der Waals surface area contributed by atoms with E-state index < -0.39 is 0 Å². The second-order valence-electron chi connectivity index (χ2n) is 8.99. The van der Waals surface area contributed by atoms with Gasteiger partial charge in [0, 0.05) is 37.9 Å². The number of carbonyl (C=O) groups excluding carboxylic acids is 1. The van der Waals surface area contributed by atoms with Gasteiger partial charge in [0.1, 0.15) is 11.4 Å². The van der Waals surface area contributed by atoms with Crippen molar-refractivity contribution >= 4 is 35.1 Å². The summed E-state index contributed by atoms with van der Waals surface area (Å²) in [5, 5.41) is 19.4. The highest BCUT2D eigenvalue weighted by Crippen LogP contribution is 2.45. The first-order chi connectivity index (χ1) is 15.4. The molecule has 1 aliphatic carbocycles. The van der Waals surface area contributed by atoms with Crippen LogP contribution in [0.25, 0.3) is 0 Å². The van der Waals surface area contributed by atoms with Crippen LogP contribution >= 0.6 is 11.6 Å². The number of aromatic amines is 1. The van der Waals surface area contributed by atoms with Crippen molar-refractivity contribution in [2.45, 2.75) is 57.9 Å². The van der Waals surface area contributed by atoms with Crippen molar-refractivity contribution < 1.29 is 4.79 Å². The summed E-state index contributed by atoms with van der Waals surface area (Å²) in [5.41, 5.74) is 1.26. The number of aryl methyl sites for hydroxylation is 1. The number of nitrogens with zero attached hydrogens (tertiary/aromatic N) is 6. The molecule has 4 rings (SSSR count). The van der Waals surface area contributed by atoms with Gasteiger partial charge in [-0.1, -0.05) is 11.6 Å². The molecule has 10 heteroatoms. The zero-order chi connectivity index (χ0) is 22.7. The van der Waals surface area contributed by atoms with Crippen LogP contribution in [0, 0.1) is 23.7 Å². The van der Waals surface area contributed by atoms with Crippen molar-refractivity contribution in [1.29, 1.82) is 5.26 Å². The number of anilines is 3. The number of amides is 1. The fourth-order valence-corrected chi connectivity index (χ4v) is 5.03. The Kier molecular flexibility index (Phi) is 6.51. The van der Waals surface area contributed by atoms with Gasteiger partial charge in [-0.3, -0.25) is 9.89 Å². The van der Waals surface area contributed by atoms with Crippen molar-refractivity contribution in [1.82, 2.24) is 25.1 Å². The van der Waals surface area contributed by atoms with Gasteiger partial charge < -0.3 is 15.1 Å². The fourth-order valence-electron chi connectivity index (χ4n) is 4.89. The Morgan fingerprint density at radius 2 is 2.09 bits per heavy atom. The predicted molar refractivity (Wildman–Crippen MR) is 123 cm³/mol. The third-order valence-corrected chi connectivity index (χ3v) is 7.25. The Morgan fingerprint density at radius 1 is 1.38 bits per heavy atom. The number of hydrogen-bond donors (Lipinski definition) is 2. The molecule has 1 aliphatic heterocycles. The van der Waals surface area contributed by atoms with Crippen molar-refractivity contribution in [3.05, 3.63) is 23.0 Å². The second kappa shape index (κ2) is 9.33. The number of H-pyrrole nitrogens is 1. The van der Waals surface area contributed by atoms with Crippen LogP contribution in [-0.2, 0) is 4.79 Å². The number of hydrogen-bond acceptors (Lipinski definition) is 7. The molecule has 32 heavy (non-hydrogen) atoms. The summed E-state index contributed by atoms with van der Waals surface area (Å²) in [5.74, 6) is 1.81.